The summed E-state index contributed by atoms with van der Waals surface area (Å²) in [6, 6.07) is 16.7. The van der Waals surface area contributed by atoms with Gasteiger partial charge in [0.25, 0.3) is 5.91 Å². The predicted molar refractivity (Wildman–Crippen MR) is 91.2 cm³/mol. The lowest BCUT2D eigenvalue weighted by Crippen LogP contribution is -2.10. The van der Waals surface area contributed by atoms with Gasteiger partial charge in [-0.15, -0.1) is 0 Å². The monoisotopic (exact) mass is 407 g/mol. The van der Waals surface area contributed by atoms with E-state index in [1.54, 1.807) is 24.3 Å². The molecule has 1 amide bonds. The highest BCUT2D eigenvalue weighted by atomic mass is 127. The number of nitrogens with one attached hydrogen (secondary N) is 1. The third-order valence-electron chi connectivity index (χ3n) is 3.06. The second kappa shape index (κ2) is 6.31. The Morgan fingerprint density at radius 3 is 2.32 bits per heavy atom. The van der Waals surface area contributed by atoms with Crippen LogP contribution in [0, 0.1) is 9.39 Å². The van der Waals surface area contributed by atoms with Gasteiger partial charge < -0.3 is 9.73 Å². The molecule has 0 spiro atoms. The Morgan fingerprint density at radius 2 is 1.64 bits per heavy atom. The zero-order valence-electron chi connectivity index (χ0n) is 11.3. The molecule has 0 unspecified atom stereocenters. The van der Waals surface area contributed by atoms with E-state index in [-0.39, 0.29) is 17.5 Å². The van der Waals surface area contributed by atoms with Gasteiger partial charge in [0, 0.05) is 14.8 Å². The molecule has 1 heterocycles. The average Bonchev–Trinajstić information content (AvgIpc) is 3.00. The van der Waals surface area contributed by atoms with Crippen LogP contribution in [-0.4, -0.2) is 5.91 Å². The number of amides is 1. The lowest BCUT2D eigenvalue weighted by Gasteiger charge is -2.03. The van der Waals surface area contributed by atoms with Crippen molar-refractivity contribution in [2.45, 2.75) is 0 Å². The van der Waals surface area contributed by atoms with Gasteiger partial charge >= 0.3 is 0 Å². The first-order valence-corrected chi connectivity index (χ1v) is 7.62. The normalized spacial score (nSPS) is 10.5. The molecule has 0 saturated carbocycles. The van der Waals surface area contributed by atoms with E-state index >= 15 is 0 Å². The molecule has 3 nitrogen and oxygen atoms in total. The van der Waals surface area contributed by atoms with Crippen LogP contribution >= 0.6 is 22.6 Å². The van der Waals surface area contributed by atoms with Crippen molar-refractivity contribution in [3.05, 3.63) is 75.8 Å². The summed E-state index contributed by atoms with van der Waals surface area (Å²) in [5.74, 6) is 0.0900. The largest absolute Gasteiger partial charge is 0.451 e. The molecule has 3 rings (SSSR count). The van der Waals surface area contributed by atoms with Gasteiger partial charge in [-0.2, -0.15) is 0 Å². The number of anilines is 1. The summed E-state index contributed by atoms with van der Waals surface area (Å²) in [6.45, 7) is 0. The fourth-order valence-corrected chi connectivity index (χ4v) is 2.31. The Balaban J connectivity index is 1.76. The molecule has 0 fully saturated rings. The standard InChI is InChI=1S/C17H11FINO2/c18-12-3-1-11(2-4-12)15-9-10-16(22-15)17(21)20-14-7-5-13(19)6-8-14/h1-10H,(H,20,21). The molecule has 0 atom stereocenters. The molecule has 110 valence electrons. The summed E-state index contributed by atoms with van der Waals surface area (Å²) < 4.78 is 19.5. The Kier molecular flexibility index (Phi) is 4.24. The summed E-state index contributed by atoms with van der Waals surface area (Å²) in [5, 5.41) is 2.76. The average molecular weight is 407 g/mol. The van der Waals surface area contributed by atoms with E-state index < -0.39 is 0 Å². The number of carbonyl (C=O) groups is 1. The number of hydrogen-bond acceptors (Lipinski definition) is 2. The summed E-state index contributed by atoms with van der Waals surface area (Å²) in [7, 11) is 0. The Bertz CT molecular complexity index is 794. The Morgan fingerprint density at radius 1 is 0.955 bits per heavy atom. The van der Waals surface area contributed by atoms with Crippen molar-refractivity contribution < 1.29 is 13.6 Å². The van der Waals surface area contributed by atoms with Crippen molar-refractivity contribution in [3.63, 3.8) is 0 Å². The van der Waals surface area contributed by atoms with Gasteiger partial charge in [0.15, 0.2) is 5.76 Å². The minimum atomic E-state index is -0.324. The maximum atomic E-state index is 12.9. The number of benzene rings is 2. The number of furan rings is 1. The number of hydrogen-bond donors (Lipinski definition) is 1. The maximum absolute atomic E-state index is 12.9. The highest BCUT2D eigenvalue weighted by Crippen LogP contribution is 2.23. The molecule has 1 aromatic heterocycles. The highest BCUT2D eigenvalue weighted by molar-refractivity contribution is 14.1. The van der Waals surface area contributed by atoms with Crippen LogP contribution in [0.4, 0.5) is 10.1 Å². The molecule has 3 aromatic rings. The van der Waals surface area contributed by atoms with Gasteiger partial charge in [-0.1, -0.05) is 0 Å². The molecule has 0 aliphatic carbocycles. The lowest BCUT2D eigenvalue weighted by molar-refractivity contribution is 0.0997. The molecular formula is C17H11FINO2. The second-order valence-corrected chi connectivity index (χ2v) is 5.88. The quantitative estimate of drug-likeness (QED) is 0.625. The van der Waals surface area contributed by atoms with Gasteiger partial charge in [-0.05, 0) is 83.3 Å². The van der Waals surface area contributed by atoms with Gasteiger partial charge in [0.1, 0.15) is 11.6 Å². The van der Waals surface area contributed by atoms with Crippen molar-refractivity contribution in [3.8, 4) is 11.3 Å². The number of rotatable bonds is 3. The Hall–Kier alpha value is -2.15. The topological polar surface area (TPSA) is 42.2 Å². The maximum Gasteiger partial charge on any atom is 0.291 e. The van der Waals surface area contributed by atoms with Crippen molar-refractivity contribution in [2.75, 3.05) is 5.32 Å². The van der Waals surface area contributed by atoms with Gasteiger partial charge in [0.05, 0.1) is 0 Å². The molecule has 22 heavy (non-hydrogen) atoms. The first kappa shape index (κ1) is 14.8. The third kappa shape index (κ3) is 3.36. The minimum Gasteiger partial charge on any atom is -0.451 e. The van der Waals surface area contributed by atoms with Crippen LogP contribution in [0.5, 0.6) is 0 Å². The fraction of sp³-hybridized carbons (Fsp3) is 0. The van der Waals surface area contributed by atoms with Crippen molar-refractivity contribution in [1.82, 2.24) is 0 Å². The van der Waals surface area contributed by atoms with E-state index in [4.69, 9.17) is 4.42 Å². The molecule has 0 aliphatic heterocycles. The molecule has 0 radical (unpaired) electrons. The molecule has 5 heteroatoms. The second-order valence-electron chi connectivity index (χ2n) is 4.63. The van der Waals surface area contributed by atoms with E-state index in [2.05, 4.69) is 27.9 Å². The number of carbonyl (C=O) groups excluding carboxylic acids is 1. The number of halogens is 2. The van der Waals surface area contributed by atoms with E-state index in [1.165, 1.54) is 12.1 Å². The van der Waals surface area contributed by atoms with E-state index in [0.29, 0.717) is 11.4 Å². The van der Waals surface area contributed by atoms with Crippen LogP contribution in [0.2, 0.25) is 0 Å². The van der Waals surface area contributed by atoms with Crippen LogP contribution in [0.15, 0.2) is 65.1 Å². The van der Waals surface area contributed by atoms with Crippen LogP contribution in [0.3, 0.4) is 0 Å². The van der Waals surface area contributed by atoms with E-state index in [9.17, 15) is 9.18 Å². The summed E-state index contributed by atoms with van der Waals surface area (Å²) in [5.41, 5.74) is 1.42. The minimum absolute atomic E-state index is 0.206. The SMILES string of the molecule is O=C(Nc1ccc(I)cc1)c1ccc(-c2ccc(F)cc2)o1. The van der Waals surface area contributed by atoms with Crippen LogP contribution in [0.1, 0.15) is 10.6 Å². The van der Waals surface area contributed by atoms with Crippen molar-refractivity contribution in [2.24, 2.45) is 0 Å². The molecule has 0 saturated heterocycles. The highest BCUT2D eigenvalue weighted by Gasteiger charge is 2.12. The van der Waals surface area contributed by atoms with Crippen LogP contribution in [0.25, 0.3) is 11.3 Å². The molecule has 0 aliphatic rings. The van der Waals surface area contributed by atoms with Crippen LogP contribution in [-0.2, 0) is 0 Å². The van der Waals surface area contributed by atoms with Crippen molar-refractivity contribution in [1.29, 1.82) is 0 Å². The first-order chi connectivity index (χ1) is 10.6. The third-order valence-corrected chi connectivity index (χ3v) is 3.78. The van der Waals surface area contributed by atoms with Gasteiger partial charge in [-0.3, -0.25) is 4.79 Å². The summed E-state index contributed by atoms with van der Waals surface area (Å²) in [6.07, 6.45) is 0. The van der Waals surface area contributed by atoms with Crippen molar-refractivity contribution >= 4 is 34.2 Å². The predicted octanol–water partition coefficient (Wildman–Crippen LogP) is 4.94. The van der Waals surface area contributed by atoms with E-state index in [1.807, 2.05) is 24.3 Å². The van der Waals surface area contributed by atoms with Crippen LogP contribution < -0.4 is 5.32 Å². The lowest BCUT2D eigenvalue weighted by atomic mass is 10.2. The molecule has 2 aromatic carbocycles. The zero-order valence-corrected chi connectivity index (χ0v) is 13.5. The molecule has 1 N–H and O–H groups in total. The smallest absolute Gasteiger partial charge is 0.291 e. The van der Waals surface area contributed by atoms with Gasteiger partial charge in [0.2, 0.25) is 0 Å². The summed E-state index contributed by atoms with van der Waals surface area (Å²) in [4.78, 5) is 12.1. The summed E-state index contributed by atoms with van der Waals surface area (Å²) >= 11 is 2.20. The fourth-order valence-electron chi connectivity index (χ4n) is 1.96. The van der Waals surface area contributed by atoms with Gasteiger partial charge in [-0.25, -0.2) is 4.39 Å². The first-order valence-electron chi connectivity index (χ1n) is 6.54. The molecule has 0 bridgehead atoms. The zero-order chi connectivity index (χ0) is 15.5. The van der Waals surface area contributed by atoms with E-state index in [0.717, 1.165) is 9.13 Å². The molecular weight excluding hydrogens is 396 g/mol. The Labute approximate surface area is 140 Å².